The molecule has 0 aromatic heterocycles. The van der Waals surface area contributed by atoms with Crippen LogP contribution in [0.4, 0.5) is 0 Å². The van der Waals surface area contributed by atoms with E-state index in [2.05, 4.69) is 29.8 Å². The Kier molecular flexibility index (Phi) is 3.43. The second-order valence-corrected chi connectivity index (χ2v) is 4.46. The van der Waals surface area contributed by atoms with Gasteiger partial charge in [0, 0.05) is 22.4 Å². The van der Waals surface area contributed by atoms with E-state index in [1.54, 1.807) is 13.2 Å². The number of hydrogen-bond acceptors (Lipinski definition) is 2. The lowest BCUT2D eigenvalue weighted by Gasteiger charge is -2.23. The Balaban J connectivity index is 3.12. The van der Waals surface area contributed by atoms with E-state index >= 15 is 0 Å². The molecule has 1 rings (SSSR count). The van der Waals surface area contributed by atoms with Gasteiger partial charge < -0.3 is 9.84 Å². The largest absolute Gasteiger partial charge is 0.508 e. The molecule has 3 heteroatoms. The monoisotopic (exact) mass is 258 g/mol. The van der Waals surface area contributed by atoms with Gasteiger partial charge in [-0.05, 0) is 6.07 Å². The molecule has 0 aliphatic carbocycles. The number of rotatable bonds is 3. The molecule has 0 saturated carbocycles. The third-order valence-electron chi connectivity index (χ3n) is 2.27. The molecule has 0 aliphatic heterocycles. The molecule has 0 atom stereocenters. The highest BCUT2D eigenvalue weighted by Crippen LogP contribution is 2.34. The fourth-order valence-electron chi connectivity index (χ4n) is 1.28. The highest BCUT2D eigenvalue weighted by Gasteiger charge is 2.22. The van der Waals surface area contributed by atoms with E-state index < -0.39 is 0 Å². The van der Waals surface area contributed by atoms with Crippen molar-refractivity contribution in [1.29, 1.82) is 0 Å². The molecule has 2 nitrogen and oxygen atoms in total. The molecule has 1 aromatic carbocycles. The van der Waals surface area contributed by atoms with Gasteiger partial charge in [0.15, 0.2) is 0 Å². The second kappa shape index (κ2) is 4.22. The van der Waals surface area contributed by atoms with Crippen molar-refractivity contribution in [3.05, 3.63) is 23.8 Å². The molecule has 0 unspecified atom stereocenters. The number of ether oxygens (including phenoxy) is 1. The lowest BCUT2D eigenvalue weighted by Crippen LogP contribution is -2.18. The summed E-state index contributed by atoms with van der Waals surface area (Å²) in [6, 6.07) is 5.40. The smallest absolute Gasteiger partial charge is 0.123 e. The summed E-state index contributed by atoms with van der Waals surface area (Å²) in [5.74, 6) is 0.963. The Morgan fingerprint density at radius 2 is 2.07 bits per heavy atom. The normalized spacial score (nSPS) is 11.4. The van der Waals surface area contributed by atoms with Gasteiger partial charge in [0.25, 0.3) is 0 Å². The third-order valence-corrected chi connectivity index (χ3v) is 3.67. The van der Waals surface area contributed by atoms with Crippen LogP contribution in [0.5, 0.6) is 11.5 Å². The first-order valence-electron chi connectivity index (χ1n) is 4.44. The predicted molar refractivity (Wildman–Crippen MR) is 61.5 cm³/mol. The van der Waals surface area contributed by atoms with Gasteiger partial charge in [-0.25, -0.2) is 0 Å². The number of benzene rings is 1. The van der Waals surface area contributed by atoms with Gasteiger partial charge in [-0.2, -0.15) is 0 Å². The average molecular weight is 259 g/mol. The minimum atomic E-state index is -0.0731. The topological polar surface area (TPSA) is 29.5 Å². The van der Waals surface area contributed by atoms with Crippen LogP contribution < -0.4 is 4.74 Å². The van der Waals surface area contributed by atoms with Gasteiger partial charge in [0.05, 0.1) is 7.11 Å². The minimum absolute atomic E-state index is 0.0731. The van der Waals surface area contributed by atoms with Crippen LogP contribution in [-0.4, -0.2) is 17.5 Å². The Bertz CT molecular complexity index is 321. The zero-order valence-electron chi connectivity index (χ0n) is 8.67. The first kappa shape index (κ1) is 11.4. The third kappa shape index (κ3) is 2.21. The molecule has 78 valence electrons. The molecule has 14 heavy (non-hydrogen) atoms. The molecule has 0 spiro atoms. The van der Waals surface area contributed by atoms with Gasteiger partial charge in [-0.1, -0.05) is 35.8 Å². The number of phenolic OH excluding ortho intramolecular Hbond substituents is 1. The molecule has 1 N–H and O–H groups in total. The maximum atomic E-state index is 9.79. The Morgan fingerprint density at radius 3 is 2.50 bits per heavy atom. The molecule has 0 heterocycles. The predicted octanol–water partition coefficient (Wildman–Crippen LogP) is 3.07. The van der Waals surface area contributed by atoms with Gasteiger partial charge in [0.2, 0.25) is 0 Å². The Morgan fingerprint density at radius 1 is 1.43 bits per heavy atom. The number of methoxy groups -OCH3 is 1. The number of halogens is 1. The van der Waals surface area contributed by atoms with E-state index in [9.17, 15) is 5.11 Å². The van der Waals surface area contributed by atoms with Crippen molar-refractivity contribution in [2.75, 3.05) is 12.4 Å². The molecule has 0 saturated heterocycles. The van der Waals surface area contributed by atoms with Crippen LogP contribution in [0.1, 0.15) is 19.4 Å². The van der Waals surface area contributed by atoms with Gasteiger partial charge in [-0.3, -0.25) is 0 Å². The molecule has 0 amide bonds. The molecule has 0 aliphatic rings. The van der Waals surface area contributed by atoms with Crippen molar-refractivity contribution in [3.63, 3.8) is 0 Å². The van der Waals surface area contributed by atoms with E-state index in [4.69, 9.17) is 4.74 Å². The van der Waals surface area contributed by atoms with Crippen molar-refractivity contribution in [2.24, 2.45) is 0 Å². The molecular weight excluding hydrogens is 244 g/mol. The van der Waals surface area contributed by atoms with Crippen LogP contribution in [0, 0.1) is 0 Å². The molecule has 0 radical (unpaired) electrons. The average Bonchev–Trinajstić information content (AvgIpc) is 2.17. The van der Waals surface area contributed by atoms with Crippen LogP contribution in [0.3, 0.4) is 0 Å². The van der Waals surface area contributed by atoms with E-state index in [0.29, 0.717) is 5.75 Å². The fourth-order valence-corrected chi connectivity index (χ4v) is 1.58. The summed E-state index contributed by atoms with van der Waals surface area (Å²) < 4.78 is 5.02. The summed E-state index contributed by atoms with van der Waals surface area (Å²) in [4.78, 5) is 0. The van der Waals surface area contributed by atoms with E-state index in [0.717, 1.165) is 10.9 Å². The number of aromatic hydroxyl groups is 1. The van der Waals surface area contributed by atoms with Crippen molar-refractivity contribution >= 4 is 15.9 Å². The molecule has 1 aromatic rings. The van der Waals surface area contributed by atoms with Gasteiger partial charge >= 0.3 is 0 Å². The number of alkyl halides is 1. The van der Waals surface area contributed by atoms with E-state index in [-0.39, 0.29) is 11.2 Å². The van der Waals surface area contributed by atoms with E-state index in [1.165, 1.54) is 0 Å². The summed E-state index contributed by atoms with van der Waals surface area (Å²) in [5.41, 5.74) is 0.853. The first-order chi connectivity index (χ1) is 6.51. The van der Waals surface area contributed by atoms with E-state index in [1.807, 2.05) is 12.1 Å². The summed E-state index contributed by atoms with van der Waals surface area (Å²) in [6.07, 6.45) is 0. The van der Waals surface area contributed by atoms with Crippen molar-refractivity contribution < 1.29 is 9.84 Å². The zero-order valence-corrected chi connectivity index (χ0v) is 10.3. The lowest BCUT2D eigenvalue weighted by atomic mass is 9.86. The van der Waals surface area contributed by atoms with Crippen LogP contribution in [-0.2, 0) is 5.41 Å². The number of hydrogen-bond donors (Lipinski definition) is 1. The van der Waals surface area contributed by atoms with Crippen LogP contribution >= 0.6 is 15.9 Å². The summed E-state index contributed by atoms with van der Waals surface area (Å²) in [7, 11) is 1.59. The van der Waals surface area contributed by atoms with Crippen LogP contribution in [0.25, 0.3) is 0 Å². The zero-order chi connectivity index (χ0) is 10.8. The van der Waals surface area contributed by atoms with Gasteiger partial charge in [0.1, 0.15) is 11.5 Å². The first-order valence-corrected chi connectivity index (χ1v) is 5.57. The van der Waals surface area contributed by atoms with Crippen molar-refractivity contribution in [3.8, 4) is 11.5 Å². The second-order valence-electron chi connectivity index (χ2n) is 3.90. The molecule has 0 fully saturated rings. The SMILES string of the molecule is COc1ccc(C(C)(C)CBr)c(O)c1. The van der Waals surface area contributed by atoms with Crippen molar-refractivity contribution in [1.82, 2.24) is 0 Å². The van der Waals surface area contributed by atoms with Crippen molar-refractivity contribution in [2.45, 2.75) is 19.3 Å². The fraction of sp³-hybridized carbons (Fsp3) is 0.455. The highest BCUT2D eigenvalue weighted by atomic mass is 79.9. The quantitative estimate of drug-likeness (QED) is 0.845. The summed E-state index contributed by atoms with van der Waals surface area (Å²) in [5, 5.41) is 10.6. The van der Waals surface area contributed by atoms with Crippen LogP contribution in [0.15, 0.2) is 18.2 Å². The lowest BCUT2D eigenvalue weighted by molar-refractivity contribution is 0.403. The maximum absolute atomic E-state index is 9.79. The number of phenols is 1. The Hall–Kier alpha value is -0.700. The standard InChI is InChI=1S/C11H15BrO2/c1-11(2,7-12)9-5-4-8(14-3)6-10(9)13/h4-6,13H,7H2,1-3H3. The molecular formula is C11H15BrO2. The molecule has 0 bridgehead atoms. The highest BCUT2D eigenvalue weighted by molar-refractivity contribution is 9.09. The Labute approximate surface area is 93.0 Å². The van der Waals surface area contributed by atoms with Crippen LogP contribution in [0.2, 0.25) is 0 Å². The minimum Gasteiger partial charge on any atom is -0.508 e. The maximum Gasteiger partial charge on any atom is 0.123 e. The summed E-state index contributed by atoms with van der Waals surface area (Å²) in [6.45, 7) is 4.15. The van der Waals surface area contributed by atoms with Gasteiger partial charge in [-0.15, -0.1) is 0 Å². The summed E-state index contributed by atoms with van der Waals surface area (Å²) >= 11 is 3.43.